The van der Waals surface area contributed by atoms with Crippen molar-refractivity contribution >= 4 is 38.9 Å². The van der Waals surface area contributed by atoms with Gasteiger partial charge in [0.1, 0.15) is 0 Å². The third kappa shape index (κ3) is 5.04. The van der Waals surface area contributed by atoms with Crippen molar-refractivity contribution in [3.63, 3.8) is 0 Å². The van der Waals surface area contributed by atoms with Crippen LogP contribution in [-0.4, -0.2) is 32.7 Å². The molecular weight excluding hydrogens is 530 g/mol. The molecular formula is C29H30BrN5S. The van der Waals surface area contributed by atoms with Gasteiger partial charge < -0.3 is 20.1 Å². The van der Waals surface area contributed by atoms with Crippen molar-refractivity contribution < 1.29 is 0 Å². The van der Waals surface area contributed by atoms with Crippen LogP contribution in [0.3, 0.4) is 0 Å². The molecule has 0 amide bonds. The van der Waals surface area contributed by atoms with Gasteiger partial charge in [-0.3, -0.25) is 4.98 Å². The minimum atomic E-state index is -0.0142. The van der Waals surface area contributed by atoms with E-state index < -0.39 is 0 Å². The van der Waals surface area contributed by atoms with E-state index in [4.69, 9.17) is 17.2 Å². The largest absolute Gasteiger partial charge is 0.385 e. The maximum Gasteiger partial charge on any atom is 0.170 e. The number of aromatic nitrogens is 2. The van der Waals surface area contributed by atoms with E-state index in [2.05, 4.69) is 111 Å². The Kier molecular flexibility index (Phi) is 7.39. The second-order valence-corrected chi connectivity index (χ2v) is 10.4. The van der Waals surface area contributed by atoms with Crippen LogP contribution in [0.15, 0.2) is 89.5 Å². The molecule has 4 aromatic rings. The Morgan fingerprint density at radius 1 is 1.00 bits per heavy atom. The monoisotopic (exact) mass is 559 g/mol. The van der Waals surface area contributed by atoms with Crippen molar-refractivity contribution in [1.82, 2.24) is 19.8 Å². The number of nitrogens with zero attached hydrogens (tertiary/aromatic N) is 3. The molecule has 0 aliphatic carbocycles. The zero-order valence-electron chi connectivity index (χ0n) is 20.5. The third-order valence-electron chi connectivity index (χ3n) is 6.75. The van der Waals surface area contributed by atoms with Crippen LogP contribution in [-0.2, 0) is 0 Å². The zero-order valence-corrected chi connectivity index (χ0v) is 22.9. The molecule has 0 radical (unpaired) electrons. The fraction of sp³-hybridized carbons (Fsp3) is 0.241. The summed E-state index contributed by atoms with van der Waals surface area (Å²) >= 11 is 9.44. The topological polar surface area (TPSA) is 45.1 Å². The predicted molar refractivity (Wildman–Crippen MR) is 155 cm³/mol. The lowest BCUT2D eigenvalue weighted by Crippen LogP contribution is -2.31. The minimum absolute atomic E-state index is 0.0142. The smallest absolute Gasteiger partial charge is 0.170 e. The van der Waals surface area contributed by atoms with Crippen molar-refractivity contribution in [1.29, 1.82) is 0 Å². The number of thiocarbonyl (C=S) groups is 1. The first-order valence-corrected chi connectivity index (χ1v) is 13.4. The first kappa shape index (κ1) is 24.5. The van der Waals surface area contributed by atoms with Gasteiger partial charge in [0, 0.05) is 46.5 Å². The average Bonchev–Trinajstić information content (AvgIpc) is 3.38. The molecule has 0 bridgehead atoms. The Balaban J connectivity index is 1.45. The van der Waals surface area contributed by atoms with Crippen LogP contribution in [0.1, 0.15) is 41.1 Å². The quantitative estimate of drug-likeness (QED) is 0.185. The molecule has 1 fully saturated rings. The molecule has 2 N–H and O–H groups in total. The lowest BCUT2D eigenvalue weighted by molar-refractivity contribution is 0.315. The number of para-hydroxylation sites is 1. The first-order chi connectivity index (χ1) is 17.5. The van der Waals surface area contributed by atoms with Crippen molar-refractivity contribution in [3.8, 4) is 5.69 Å². The lowest BCUT2D eigenvalue weighted by atomic mass is 9.96. The van der Waals surface area contributed by atoms with Crippen LogP contribution in [0.2, 0.25) is 0 Å². The van der Waals surface area contributed by atoms with E-state index in [9.17, 15) is 0 Å². The number of hydrogen-bond donors (Lipinski definition) is 2. The number of aryl methyl sites for hydroxylation is 1. The molecule has 1 aliphatic rings. The predicted octanol–water partition coefficient (Wildman–Crippen LogP) is 6.73. The summed E-state index contributed by atoms with van der Waals surface area (Å²) in [5.41, 5.74) is 6.99. The highest BCUT2D eigenvalue weighted by Gasteiger charge is 2.41. The maximum atomic E-state index is 5.88. The Bertz CT molecular complexity index is 1320. The van der Waals surface area contributed by atoms with Crippen molar-refractivity contribution in [2.75, 3.05) is 18.4 Å². The Labute approximate surface area is 226 Å². The van der Waals surface area contributed by atoms with E-state index >= 15 is 0 Å². The number of rotatable bonds is 8. The summed E-state index contributed by atoms with van der Waals surface area (Å²) in [6.45, 7) is 6.10. The van der Waals surface area contributed by atoms with Gasteiger partial charge in [0.2, 0.25) is 0 Å². The zero-order chi connectivity index (χ0) is 25.1. The number of anilines is 1. The summed E-state index contributed by atoms with van der Waals surface area (Å²) in [6, 6.07) is 27.2. The molecule has 184 valence electrons. The first-order valence-electron chi connectivity index (χ1n) is 12.2. The van der Waals surface area contributed by atoms with Crippen LogP contribution < -0.4 is 10.6 Å². The molecule has 36 heavy (non-hydrogen) atoms. The molecule has 2 atom stereocenters. The minimum Gasteiger partial charge on any atom is -0.385 e. The Morgan fingerprint density at radius 2 is 1.75 bits per heavy atom. The van der Waals surface area contributed by atoms with Gasteiger partial charge in [-0.1, -0.05) is 40.2 Å². The highest BCUT2D eigenvalue weighted by molar-refractivity contribution is 9.10. The van der Waals surface area contributed by atoms with Gasteiger partial charge in [-0.05, 0) is 92.6 Å². The van der Waals surface area contributed by atoms with Crippen molar-refractivity contribution in [2.45, 2.75) is 32.4 Å². The van der Waals surface area contributed by atoms with Crippen LogP contribution in [0.5, 0.6) is 0 Å². The van der Waals surface area contributed by atoms with Crippen molar-refractivity contribution in [2.24, 2.45) is 0 Å². The number of halogens is 1. The number of hydrogen-bond acceptors (Lipinski definition) is 3. The van der Waals surface area contributed by atoms with Gasteiger partial charge in [-0.25, -0.2) is 0 Å². The maximum absolute atomic E-state index is 5.88. The fourth-order valence-electron chi connectivity index (χ4n) is 5.10. The lowest BCUT2D eigenvalue weighted by Gasteiger charge is -2.28. The third-order valence-corrected chi connectivity index (χ3v) is 7.63. The summed E-state index contributed by atoms with van der Waals surface area (Å²) in [6.07, 6.45) is 2.82. The van der Waals surface area contributed by atoms with E-state index in [-0.39, 0.29) is 12.1 Å². The molecule has 0 unspecified atom stereocenters. The van der Waals surface area contributed by atoms with Gasteiger partial charge >= 0.3 is 0 Å². The number of pyridine rings is 1. The van der Waals surface area contributed by atoms with Gasteiger partial charge in [0.05, 0.1) is 17.8 Å². The number of nitrogens with one attached hydrogen (secondary N) is 2. The molecule has 3 heterocycles. The van der Waals surface area contributed by atoms with E-state index in [1.807, 2.05) is 24.4 Å². The van der Waals surface area contributed by atoms with Gasteiger partial charge in [0.25, 0.3) is 0 Å². The van der Waals surface area contributed by atoms with Gasteiger partial charge in [0.15, 0.2) is 5.11 Å². The fourth-order valence-corrected chi connectivity index (χ4v) is 5.69. The Morgan fingerprint density at radius 3 is 2.47 bits per heavy atom. The van der Waals surface area contributed by atoms with E-state index in [0.717, 1.165) is 46.2 Å². The summed E-state index contributed by atoms with van der Waals surface area (Å²) in [5, 5.41) is 7.89. The molecule has 5 rings (SSSR count). The summed E-state index contributed by atoms with van der Waals surface area (Å²) < 4.78 is 3.40. The van der Waals surface area contributed by atoms with Gasteiger partial charge in [-0.15, -0.1) is 0 Å². The Hall–Kier alpha value is -3.16. The van der Waals surface area contributed by atoms with Crippen LogP contribution in [0.25, 0.3) is 5.69 Å². The standard InChI is InChI=1S/C29H30BrN5S/c1-20-19-25(21(2)35(20)24-14-12-22(30)13-15-24)28-27(26-11-6-7-16-32-26)33-29(36)34(28)18-8-17-31-23-9-4-3-5-10-23/h3-7,9-16,19,27-28,31H,8,17-18H2,1-2H3,(H,33,36)/t27-,28-/m0/s1. The van der Waals surface area contributed by atoms with Gasteiger partial charge in [-0.2, -0.15) is 0 Å². The van der Waals surface area contributed by atoms with Crippen LogP contribution in [0.4, 0.5) is 5.69 Å². The SMILES string of the molecule is Cc1cc([C@H]2[C@H](c3ccccn3)NC(=S)N2CCCNc2ccccc2)c(C)n1-c1ccc(Br)cc1. The summed E-state index contributed by atoms with van der Waals surface area (Å²) in [7, 11) is 0. The van der Waals surface area contributed by atoms with E-state index in [1.54, 1.807) is 0 Å². The second kappa shape index (κ2) is 10.8. The molecule has 5 nitrogen and oxygen atoms in total. The molecule has 7 heteroatoms. The second-order valence-electron chi connectivity index (χ2n) is 9.10. The van der Waals surface area contributed by atoms with Crippen LogP contribution >= 0.6 is 28.1 Å². The molecule has 0 saturated carbocycles. The molecule has 1 saturated heterocycles. The van der Waals surface area contributed by atoms with Crippen molar-refractivity contribution in [3.05, 3.63) is 112 Å². The van der Waals surface area contributed by atoms with E-state index in [1.165, 1.54) is 17.0 Å². The molecule has 2 aromatic heterocycles. The molecule has 0 spiro atoms. The highest BCUT2D eigenvalue weighted by Crippen LogP contribution is 2.41. The van der Waals surface area contributed by atoms with E-state index in [0.29, 0.717) is 0 Å². The highest BCUT2D eigenvalue weighted by atomic mass is 79.9. The van der Waals surface area contributed by atoms with Crippen LogP contribution in [0, 0.1) is 13.8 Å². The summed E-state index contributed by atoms with van der Waals surface area (Å²) in [4.78, 5) is 7.04. The number of benzene rings is 2. The molecule has 1 aliphatic heterocycles. The summed E-state index contributed by atoms with van der Waals surface area (Å²) in [5.74, 6) is 0. The molecule has 2 aromatic carbocycles. The average molecular weight is 561 g/mol. The normalized spacial score (nSPS) is 17.3.